The maximum atomic E-state index is 11.6. The fourth-order valence-corrected chi connectivity index (χ4v) is 2.73. The SMILES string of the molecule is Cc1cnn(C[C@H]2CN([C@@H]3CCOC3=O)CCO2)c1. The predicted octanol–water partition coefficient (Wildman–Crippen LogP) is 0.208. The summed E-state index contributed by atoms with van der Waals surface area (Å²) in [6.07, 6.45) is 4.73. The van der Waals surface area contributed by atoms with Crippen molar-refractivity contribution in [2.45, 2.75) is 32.0 Å². The van der Waals surface area contributed by atoms with Gasteiger partial charge in [-0.2, -0.15) is 5.10 Å². The molecule has 0 N–H and O–H groups in total. The van der Waals surface area contributed by atoms with E-state index in [2.05, 4.69) is 10.00 Å². The molecule has 1 aromatic heterocycles. The lowest BCUT2D eigenvalue weighted by Crippen LogP contribution is -2.50. The lowest BCUT2D eigenvalue weighted by atomic mass is 10.1. The summed E-state index contributed by atoms with van der Waals surface area (Å²) in [5, 5.41) is 4.27. The average Bonchev–Trinajstić information content (AvgIpc) is 2.99. The summed E-state index contributed by atoms with van der Waals surface area (Å²) in [7, 11) is 0. The number of carbonyl (C=O) groups excluding carboxylic acids is 1. The van der Waals surface area contributed by atoms with Crippen molar-refractivity contribution < 1.29 is 14.3 Å². The minimum Gasteiger partial charge on any atom is -0.464 e. The lowest BCUT2D eigenvalue weighted by molar-refractivity contribution is -0.144. The summed E-state index contributed by atoms with van der Waals surface area (Å²) in [6, 6.07) is -0.0780. The first kappa shape index (κ1) is 12.6. The van der Waals surface area contributed by atoms with Crippen molar-refractivity contribution in [2.75, 3.05) is 26.3 Å². The standard InChI is InChI=1S/C13H19N3O3/c1-10-6-14-16(7-10)9-11-8-15(3-5-18-11)12-2-4-19-13(12)17/h6-7,11-12H,2-5,8-9H2,1H3/t11-,12-/m1/s1. The summed E-state index contributed by atoms with van der Waals surface area (Å²) < 4.78 is 12.7. The first-order valence-electron chi connectivity index (χ1n) is 6.74. The number of nitrogens with zero attached hydrogens (tertiary/aromatic N) is 3. The molecule has 6 nitrogen and oxygen atoms in total. The Morgan fingerprint density at radius 3 is 3.05 bits per heavy atom. The Hall–Kier alpha value is -1.40. The highest BCUT2D eigenvalue weighted by Gasteiger charge is 2.35. The fourth-order valence-electron chi connectivity index (χ4n) is 2.73. The Labute approximate surface area is 112 Å². The van der Waals surface area contributed by atoms with Gasteiger partial charge < -0.3 is 9.47 Å². The van der Waals surface area contributed by atoms with E-state index in [0.717, 1.165) is 31.6 Å². The van der Waals surface area contributed by atoms with Crippen molar-refractivity contribution in [1.82, 2.24) is 14.7 Å². The zero-order valence-electron chi connectivity index (χ0n) is 11.1. The normalized spacial score (nSPS) is 28.6. The van der Waals surface area contributed by atoms with Crippen molar-refractivity contribution in [3.63, 3.8) is 0 Å². The molecule has 0 radical (unpaired) electrons. The minimum absolute atomic E-state index is 0.0780. The van der Waals surface area contributed by atoms with E-state index < -0.39 is 0 Å². The van der Waals surface area contributed by atoms with Crippen LogP contribution in [0, 0.1) is 6.92 Å². The highest BCUT2D eigenvalue weighted by atomic mass is 16.5. The van der Waals surface area contributed by atoms with Crippen molar-refractivity contribution >= 4 is 5.97 Å². The Bertz CT molecular complexity index is 460. The van der Waals surface area contributed by atoms with E-state index in [-0.39, 0.29) is 18.1 Å². The van der Waals surface area contributed by atoms with Crippen LogP contribution in [0.1, 0.15) is 12.0 Å². The summed E-state index contributed by atoms with van der Waals surface area (Å²) in [6.45, 7) is 5.52. The van der Waals surface area contributed by atoms with E-state index in [1.807, 2.05) is 24.0 Å². The topological polar surface area (TPSA) is 56.6 Å². The Balaban J connectivity index is 1.60. The maximum absolute atomic E-state index is 11.6. The third-order valence-electron chi connectivity index (χ3n) is 3.67. The number of aryl methyl sites for hydroxylation is 1. The zero-order valence-corrected chi connectivity index (χ0v) is 11.1. The highest BCUT2D eigenvalue weighted by molar-refractivity contribution is 5.77. The van der Waals surface area contributed by atoms with Crippen molar-refractivity contribution in [3.05, 3.63) is 18.0 Å². The van der Waals surface area contributed by atoms with Gasteiger partial charge in [-0.05, 0) is 12.5 Å². The minimum atomic E-state index is -0.0874. The van der Waals surface area contributed by atoms with Gasteiger partial charge in [-0.25, -0.2) is 0 Å². The number of cyclic esters (lactones) is 1. The number of aromatic nitrogens is 2. The number of rotatable bonds is 3. The van der Waals surface area contributed by atoms with Crippen LogP contribution in [0.5, 0.6) is 0 Å². The van der Waals surface area contributed by atoms with Gasteiger partial charge in [-0.1, -0.05) is 0 Å². The molecule has 2 aliphatic rings. The molecule has 2 atom stereocenters. The average molecular weight is 265 g/mol. The van der Waals surface area contributed by atoms with Gasteiger partial charge in [0.15, 0.2) is 0 Å². The molecule has 0 amide bonds. The summed E-state index contributed by atoms with van der Waals surface area (Å²) >= 11 is 0. The molecular formula is C13H19N3O3. The van der Waals surface area contributed by atoms with Crippen molar-refractivity contribution in [3.8, 4) is 0 Å². The second kappa shape index (κ2) is 5.30. The number of hydrogen-bond acceptors (Lipinski definition) is 5. The van der Waals surface area contributed by atoms with Gasteiger partial charge in [0.2, 0.25) is 0 Å². The monoisotopic (exact) mass is 265 g/mol. The van der Waals surface area contributed by atoms with E-state index in [0.29, 0.717) is 13.2 Å². The van der Waals surface area contributed by atoms with E-state index in [1.54, 1.807) is 0 Å². The molecule has 2 fully saturated rings. The van der Waals surface area contributed by atoms with Crippen molar-refractivity contribution in [2.24, 2.45) is 0 Å². The third kappa shape index (κ3) is 2.79. The number of morpholine rings is 1. The molecule has 0 saturated carbocycles. The molecule has 104 valence electrons. The summed E-state index contributed by atoms with van der Waals surface area (Å²) in [4.78, 5) is 13.8. The molecule has 19 heavy (non-hydrogen) atoms. The molecule has 3 heterocycles. The van der Waals surface area contributed by atoms with E-state index in [9.17, 15) is 4.79 Å². The van der Waals surface area contributed by atoms with Crippen LogP contribution < -0.4 is 0 Å². The largest absolute Gasteiger partial charge is 0.464 e. The molecule has 6 heteroatoms. The number of carbonyl (C=O) groups is 1. The van der Waals surface area contributed by atoms with Crippen LogP contribution in [0.2, 0.25) is 0 Å². The quantitative estimate of drug-likeness (QED) is 0.731. The first-order chi connectivity index (χ1) is 9.22. The first-order valence-corrected chi connectivity index (χ1v) is 6.74. The molecule has 0 aliphatic carbocycles. The number of ether oxygens (including phenoxy) is 2. The molecule has 0 bridgehead atoms. The summed E-state index contributed by atoms with van der Waals surface area (Å²) in [5.74, 6) is -0.0874. The summed E-state index contributed by atoms with van der Waals surface area (Å²) in [5.41, 5.74) is 1.15. The van der Waals surface area contributed by atoms with Crippen LogP contribution in [0.15, 0.2) is 12.4 Å². The lowest BCUT2D eigenvalue weighted by Gasteiger charge is -2.35. The third-order valence-corrected chi connectivity index (χ3v) is 3.67. The molecule has 0 aromatic carbocycles. The molecule has 2 saturated heterocycles. The van der Waals surface area contributed by atoms with E-state index in [4.69, 9.17) is 9.47 Å². The Morgan fingerprint density at radius 2 is 2.37 bits per heavy atom. The van der Waals surface area contributed by atoms with E-state index in [1.165, 1.54) is 0 Å². The Kier molecular flexibility index (Phi) is 3.52. The zero-order chi connectivity index (χ0) is 13.2. The number of hydrogen-bond donors (Lipinski definition) is 0. The van der Waals surface area contributed by atoms with Gasteiger partial charge in [0.05, 0.1) is 32.1 Å². The van der Waals surface area contributed by atoms with Crippen LogP contribution in [-0.4, -0.2) is 59.1 Å². The molecule has 1 aromatic rings. The molecule has 3 rings (SSSR count). The second-order valence-corrected chi connectivity index (χ2v) is 5.20. The van der Waals surface area contributed by atoms with Gasteiger partial charge >= 0.3 is 5.97 Å². The van der Waals surface area contributed by atoms with Gasteiger partial charge in [0.25, 0.3) is 0 Å². The maximum Gasteiger partial charge on any atom is 0.323 e. The van der Waals surface area contributed by atoms with Gasteiger partial charge in [-0.15, -0.1) is 0 Å². The van der Waals surface area contributed by atoms with Gasteiger partial charge in [0.1, 0.15) is 6.04 Å². The number of esters is 1. The molecule has 0 unspecified atom stereocenters. The van der Waals surface area contributed by atoms with E-state index >= 15 is 0 Å². The van der Waals surface area contributed by atoms with Crippen LogP contribution in [-0.2, 0) is 20.8 Å². The van der Waals surface area contributed by atoms with Gasteiger partial charge in [0, 0.05) is 25.7 Å². The van der Waals surface area contributed by atoms with Gasteiger partial charge in [-0.3, -0.25) is 14.4 Å². The predicted molar refractivity (Wildman–Crippen MR) is 67.6 cm³/mol. The van der Waals surface area contributed by atoms with Crippen LogP contribution >= 0.6 is 0 Å². The van der Waals surface area contributed by atoms with Crippen LogP contribution in [0.25, 0.3) is 0 Å². The highest BCUT2D eigenvalue weighted by Crippen LogP contribution is 2.18. The van der Waals surface area contributed by atoms with Crippen LogP contribution in [0.3, 0.4) is 0 Å². The smallest absolute Gasteiger partial charge is 0.323 e. The molecular weight excluding hydrogens is 246 g/mol. The molecule has 2 aliphatic heterocycles. The van der Waals surface area contributed by atoms with Crippen LogP contribution in [0.4, 0.5) is 0 Å². The second-order valence-electron chi connectivity index (χ2n) is 5.20. The Morgan fingerprint density at radius 1 is 1.47 bits per heavy atom. The van der Waals surface area contributed by atoms with Crippen molar-refractivity contribution in [1.29, 1.82) is 0 Å². The molecule has 0 spiro atoms. The fraction of sp³-hybridized carbons (Fsp3) is 0.692.